The van der Waals surface area contributed by atoms with Crippen molar-refractivity contribution in [2.45, 2.75) is 6.54 Å². The van der Waals surface area contributed by atoms with Crippen molar-refractivity contribution in [2.75, 3.05) is 0 Å². The van der Waals surface area contributed by atoms with Crippen LogP contribution in [0.25, 0.3) is 21.9 Å². The summed E-state index contributed by atoms with van der Waals surface area (Å²) in [4.78, 5) is 50.4. The van der Waals surface area contributed by atoms with Crippen LogP contribution in [0.5, 0.6) is 0 Å². The van der Waals surface area contributed by atoms with E-state index in [2.05, 4.69) is 9.97 Å². The molecule has 10 nitrogen and oxygen atoms in total. The Bertz CT molecular complexity index is 1390. The molecule has 0 radical (unpaired) electrons. The van der Waals surface area contributed by atoms with E-state index in [1.165, 1.54) is 16.7 Å². The maximum absolute atomic E-state index is 11.8. The Morgan fingerprint density at radius 1 is 1.11 bits per heavy atom. The Morgan fingerprint density at radius 2 is 1.82 bits per heavy atom. The zero-order valence-electron chi connectivity index (χ0n) is 14.1. The van der Waals surface area contributed by atoms with Gasteiger partial charge in [-0.2, -0.15) is 0 Å². The van der Waals surface area contributed by atoms with Gasteiger partial charge in [0.25, 0.3) is 5.69 Å². The molecule has 3 N–H and O–H groups in total. The van der Waals surface area contributed by atoms with Gasteiger partial charge in [0.05, 0.1) is 22.5 Å². The van der Waals surface area contributed by atoms with E-state index >= 15 is 0 Å². The van der Waals surface area contributed by atoms with Gasteiger partial charge < -0.3 is 19.6 Å². The second-order valence-electron chi connectivity index (χ2n) is 6.17. The molecule has 0 aliphatic rings. The van der Waals surface area contributed by atoms with Crippen molar-refractivity contribution in [1.29, 1.82) is 0 Å². The predicted octanol–water partition coefficient (Wildman–Crippen LogP) is 1.83. The first kappa shape index (κ1) is 17.2. The molecule has 4 rings (SSSR count). The highest BCUT2D eigenvalue weighted by molar-refractivity contribution is 5.95. The van der Waals surface area contributed by atoms with E-state index < -0.39 is 22.0 Å². The molecule has 4 aromatic rings. The van der Waals surface area contributed by atoms with Gasteiger partial charge in [-0.25, -0.2) is 4.79 Å². The zero-order valence-corrected chi connectivity index (χ0v) is 14.1. The summed E-state index contributed by atoms with van der Waals surface area (Å²) in [7, 11) is 0. The Labute approximate surface area is 154 Å². The van der Waals surface area contributed by atoms with Crippen molar-refractivity contribution >= 4 is 33.6 Å². The van der Waals surface area contributed by atoms with Crippen LogP contribution in [0.15, 0.2) is 52.1 Å². The summed E-state index contributed by atoms with van der Waals surface area (Å²) in [5, 5.41) is 21.5. The SMILES string of the molecule is O=C(O)c1cc2ccccc2n1Cc1cc([N+](=O)[O-])cc2[nH]c(=O)c(=O)[nH]c12. The maximum atomic E-state index is 11.8. The number of carbonyl (C=O) groups is 1. The van der Waals surface area contributed by atoms with E-state index in [1.54, 1.807) is 24.3 Å². The number of carboxylic acid groups (broad SMARTS) is 1. The van der Waals surface area contributed by atoms with Crippen molar-refractivity contribution < 1.29 is 14.8 Å². The fourth-order valence-corrected chi connectivity index (χ4v) is 3.24. The number of hydrogen-bond acceptors (Lipinski definition) is 5. The summed E-state index contributed by atoms with van der Waals surface area (Å²) < 4.78 is 1.49. The van der Waals surface area contributed by atoms with Crippen LogP contribution < -0.4 is 11.1 Å². The molecule has 0 unspecified atom stereocenters. The van der Waals surface area contributed by atoms with Crippen molar-refractivity contribution in [2.24, 2.45) is 0 Å². The molecule has 140 valence electrons. The molecule has 0 amide bonds. The van der Waals surface area contributed by atoms with Crippen LogP contribution in [0.3, 0.4) is 0 Å². The van der Waals surface area contributed by atoms with Gasteiger partial charge in [0.2, 0.25) is 0 Å². The average molecular weight is 380 g/mol. The molecule has 2 heterocycles. The highest BCUT2D eigenvalue weighted by Gasteiger charge is 2.19. The van der Waals surface area contributed by atoms with E-state index in [0.717, 1.165) is 6.07 Å². The number of aromatic nitrogens is 3. The molecule has 0 aliphatic heterocycles. The number of nitro groups is 1. The number of carboxylic acids is 1. The first-order valence-corrected chi connectivity index (χ1v) is 8.10. The lowest BCUT2D eigenvalue weighted by Gasteiger charge is -2.11. The van der Waals surface area contributed by atoms with Gasteiger partial charge in [0.1, 0.15) is 5.69 Å². The largest absolute Gasteiger partial charge is 0.477 e. The van der Waals surface area contributed by atoms with Gasteiger partial charge in [-0.3, -0.25) is 19.7 Å². The van der Waals surface area contributed by atoms with E-state index in [9.17, 15) is 29.6 Å². The van der Waals surface area contributed by atoms with Gasteiger partial charge in [-0.05, 0) is 12.1 Å². The molecule has 0 bridgehead atoms. The molecule has 0 aliphatic carbocycles. The van der Waals surface area contributed by atoms with E-state index in [1.807, 2.05) is 0 Å². The smallest absolute Gasteiger partial charge is 0.352 e. The Morgan fingerprint density at radius 3 is 2.54 bits per heavy atom. The van der Waals surface area contributed by atoms with Crippen LogP contribution in [0, 0.1) is 10.1 Å². The predicted molar refractivity (Wildman–Crippen MR) is 99.8 cm³/mol. The molecule has 2 aromatic heterocycles. The molecule has 0 atom stereocenters. The molecule has 0 fully saturated rings. The number of nitrogens with zero attached hydrogens (tertiary/aromatic N) is 2. The third kappa shape index (κ3) is 2.72. The standard InChI is InChI=1S/C18H12N4O6/c23-16-17(24)20-15-10(5-11(22(27)28)7-12(15)19-16)8-21-13-4-2-1-3-9(13)6-14(21)18(25)26/h1-7H,8H2,(H,19,23)(H,20,24)(H,25,26). The van der Waals surface area contributed by atoms with Crippen LogP contribution in [0.4, 0.5) is 5.69 Å². The van der Waals surface area contributed by atoms with Gasteiger partial charge in [0, 0.05) is 28.6 Å². The van der Waals surface area contributed by atoms with Crippen LogP contribution in [-0.2, 0) is 6.54 Å². The Kier molecular flexibility index (Phi) is 3.81. The van der Waals surface area contributed by atoms with Gasteiger partial charge in [0.15, 0.2) is 0 Å². The highest BCUT2D eigenvalue weighted by atomic mass is 16.6. The number of non-ortho nitro benzene ring substituents is 1. The first-order chi connectivity index (χ1) is 13.3. The zero-order chi connectivity index (χ0) is 20.0. The fraction of sp³-hybridized carbons (Fsp3) is 0.0556. The van der Waals surface area contributed by atoms with Crippen molar-refractivity contribution in [1.82, 2.24) is 14.5 Å². The number of aromatic amines is 2. The van der Waals surface area contributed by atoms with Crippen molar-refractivity contribution in [3.63, 3.8) is 0 Å². The number of aromatic carboxylic acids is 1. The topological polar surface area (TPSA) is 151 Å². The second-order valence-corrected chi connectivity index (χ2v) is 6.17. The number of fused-ring (bicyclic) bond motifs is 2. The molecule has 2 aromatic carbocycles. The molecule has 0 saturated heterocycles. The summed E-state index contributed by atoms with van der Waals surface area (Å²) in [6, 6.07) is 10.9. The third-order valence-corrected chi connectivity index (χ3v) is 4.47. The normalized spacial score (nSPS) is 11.1. The van der Waals surface area contributed by atoms with Crippen LogP contribution in [-0.4, -0.2) is 30.5 Å². The summed E-state index contributed by atoms with van der Waals surface area (Å²) in [6.45, 7) is -0.0602. The quantitative estimate of drug-likeness (QED) is 0.279. The number of hydrogen-bond donors (Lipinski definition) is 3. The molecule has 0 spiro atoms. The fourth-order valence-electron chi connectivity index (χ4n) is 3.24. The van der Waals surface area contributed by atoms with Crippen molar-refractivity contribution in [3.8, 4) is 0 Å². The lowest BCUT2D eigenvalue weighted by Crippen LogP contribution is -2.29. The lowest BCUT2D eigenvalue weighted by molar-refractivity contribution is -0.384. The number of nitro benzene ring substituents is 1. The summed E-state index contributed by atoms with van der Waals surface area (Å²) in [5.41, 5.74) is -0.944. The number of benzene rings is 2. The van der Waals surface area contributed by atoms with Crippen LogP contribution in [0.1, 0.15) is 16.1 Å². The van der Waals surface area contributed by atoms with Gasteiger partial charge >= 0.3 is 17.1 Å². The molecular formula is C18H12N4O6. The number of H-pyrrole nitrogens is 2. The third-order valence-electron chi connectivity index (χ3n) is 4.47. The molecule has 0 saturated carbocycles. The van der Waals surface area contributed by atoms with Crippen molar-refractivity contribution in [3.05, 3.63) is 84.5 Å². The van der Waals surface area contributed by atoms with Gasteiger partial charge in [-0.15, -0.1) is 0 Å². The Hall–Kier alpha value is -4.21. The minimum Gasteiger partial charge on any atom is -0.477 e. The highest BCUT2D eigenvalue weighted by Crippen LogP contribution is 2.26. The molecule has 28 heavy (non-hydrogen) atoms. The average Bonchev–Trinajstić information content (AvgIpc) is 3.02. The number of rotatable bonds is 4. The Balaban J connectivity index is 2.01. The minimum absolute atomic E-state index is 0.00683. The van der Waals surface area contributed by atoms with Crippen LogP contribution in [0.2, 0.25) is 0 Å². The monoisotopic (exact) mass is 380 g/mol. The van der Waals surface area contributed by atoms with E-state index in [-0.39, 0.29) is 29.0 Å². The second kappa shape index (κ2) is 6.20. The first-order valence-electron chi connectivity index (χ1n) is 8.10. The van der Waals surface area contributed by atoms with Gasteiger partial charge in [-0.1, -0.05) is 18.2 Å². The van der Waals surface area contributed by atoms with Crippen LogP contribution >= 0.6 is 0 Å². The summed E-state index contributed by atoms with van der Waals surface area (Å²) in [5.74, 6) is -1.16. The van der Waals surface area contributed by atoms with E-state index in [0.29, 0.717) is 16.5 Å². The summed E-state index contributed by atoms with van der Waals surface area (Å²) >= 11 is 0. The number of para-hydroxylation sites is 1. The lowest BCUT2D eigenvalue weighted by atomic mass is 10.1. The van der Waals surface area contributed by atoms with E-state index in [4.69, 9.17) is 0 Å². The maximum Gasteiger partial charge on any atom is 0.352 e. The summed E-state index contributed by atoms with van der Waals surface area (Å²) in [6.07, 6.45) is 0. The molecular weight excluding hydrogens is 368 g/mol. The number of nitrogens with one attached hydrogen (secondary N) is 2. The molecule has 10 heteroatoms. The minimum atomic E-state index is -1.16.